The van der Waals surface area contributed by atoms with Crippen molar-refractivity contribution in [2.75, 3.05) is 5.32 Å². The first kappa shape index (κ1) is 14.8. The van der Waals surface area contributed by atoms with Crippen molar-refractivity contribution in [3.63, 3.8) is 0 Å². The molecule has 1 N–H and O–H groups in total. The minimum Gasteiger partial charge on any atom is -0.378 e. The molecular weight excluding hydrogens is 285 g/mol. The van der Waals surface area contributed by atoms with Gasteiger partial charge in [-0.1, -0.05) is 6.07 Å². The van der Waals surface area contributed by atoms with Gasteiger partial charge in [0.2, 0.25) is 5.82 Å². The van der Waals surface area contributed by atoms with Crippen molar-refractivity contribution in [3.8, 4) is 0 Å². The van der Waals surface area contributed by atoms with E-state index in [1.54, 1.807) is 6.92 Å². The first-order valence-electron chi connectivity index (χ1n) is 6.04. The zero-order valence-electron chi connectivity index (χ0n) is 10.9. The smallest absolute Gasteiger partial charge is 0.306 e. The van der Waals surface area contributed by atoms with Crippen molar-refractivity contribution in [2.45, 2.75) is 13.0 Å². The first-order chi connectivity index (χ1) is 9.88. The lowest BCUT2D eigenvalue weighted by Gasteiger charge is -2.16. The summed E-state index contributed by atoms with van der Waals surface area (Å²) in [5.74, 6) is -2.38. The minimum absolute atomic E-state index is 0.198. The molecule has 0 radical (unpaired) electrons. The van der Waals surface area contributed by atoms with Crippen LogP contribution in [0.1, 0.15) is 18.5 Å². The molecule has 110 valence electrons. The molecule has 0 aliphatic heterocycles. The van der Waals surface area contributed by atoms with Crippen LogP contribution in [0.4, 0.5) is 24.5 Å². The number of hydrogen-bond donors (Lipinski definition) is 1. The third-order valence-corrected chi connectivity index (χ3v) is 2.96. The highest BCUT2D eigenvalue weighted by molar-refractivity contribution is 5.53. The Morgan fingerprint density at radius 1 is 1.10 bits per heavy atom. The van der Waals surface area contributed by atoms with Crippen LogP contribution < -0.4 is 5.32 Å². The normalized spacial score (nSPS) is 12.0. The summed E-state index contributed by atoms with van der Waals surface area (Å²) in [6.45, 7) is 1.60. The van der Waals surface area contributed by atoms with Crippen LogP contribution >= 0.6 is 0 Å². The van der Waals surface area contributed by atoms with Gasteiger partial charge in [0.15, 0.2) is 0 Å². The van der Waals surface area contributed by atoms with E-state index in [2.05, 4.69) is 5.32 Å². The number of benzene rings is 2. The summed E-state index contributed by atoms with van der Waals surface area (Å²) < 4.78 is 39.7. The highest BCUT2D eigenvalue weighted by atomic mass is 19.1. The average Bonchev–Trinajstić information content (AvgIpc) is 2.40. The largest absolute Gasteiger partial charge is 0.378 e. The van der Waals surface area contributed by atoms with E-state index in [1.165, 1.54) is 12.1 Å². The van der Waals surface area contributed by atoms with Crippen LogP contribution in [0.3, 0.4) is 0 Å². The molecule has 0 saturated heterocycles. The second kappa shape index (κ2) is 5.82. The topological polar surface area (TPSA) is 55.2 Å². The van der Waals surface area contributed by atoms with E-state index in [4.69, 9.17) is 0 Å². The lowest BCUT2D eigenvalue weighted by Crippen LogP contribution is -2.09. The molecule has 0 aliphatic rings. The monoisotopic (exact) mass is 296 g/mol. The molecule has 2 aromatic carbocycles. The Hall–Kier alpha value is -2.57. The molecule has 1 unspecified atom stereocenters. The molecule has 0 amide bonds. The molecule has 1 atom stereocenters. The van der Waals surface area contributed by atoms with Crippen LogP contribution in [0.15, 0.2) is 36.4 Å². The third-order valence-electron chi connectivity index (χ3n) is 2.96. The van der Waals surface area contributed by atoms with Gasteiger partial charge in [-0.2, -0.15) is 4.39 Å². The summed E-state index contributed by atoms with van der Waals surface area (Å²) in [6, 6.07) is 5.85. The highest BCUT2D eigenvalue weighted by Crippen LogP contribution is 2.26. The van der Waals surface area contributed by atoms with Crippen molar-refractivity contribution in [1.29, 1.82) is 0 Å². The zero-order valence-corrected chi connectivity index (χ0v) is 10.9. The molecule has 21 heavy (non-hydrogen) atoms. The van der Waals surface area contributed by atoms with Crippen molar-refractivity contribution in [3.05, 3.63) is 69.5 Å². The Morgan fingerprint density at radius 3 is 2.43 bits per heavy atom. The van der Waals surface area contributed by atoms with Crippen molar-refractivity contribution in [1.82, 2.24) is 0 Å². The fourth-order valence-corrected chi connectivity index (χ4v) is 1.92. The number of hydrogen-bond acceptors (Lipinski definition) is 3. The Morgan fingerprint density at radius 2 is 1.81 bits per heavy atom. The van der Waals surface area contributed by atoms with E-state index in [-0.39, 0.29) is 11.3 Å². The van der Waals surface area contributed by atoms with Crippen molar-refractivity contribution >= 4 is 11.4 Å². The molecule has 7 heteroatoms. The molecule has 0 spiro atoms. The lowest BCUT2D eigenvalue weighted by atomic mass is 10.1. The molecule has 4 nitrogen and oxygen atoms in total. The summed E-state index contributed by atoms with van der Waals surface area (Å²) >= 11 is 0. The molecule has 2 aromatic rings. The van der Waals surface area contributed by atoms with Gasteiger partial charge in [-0.3, -0.25) is 10.1 Å². The predicted octanol–water partition coefficient (Wildman–Crippen LogP) is 4.19. The van der Waals surface area contributed by atoms with E-state index in [0.717, 1.165) is 24.3 Å². The second-order valence-electron chi connectivity index (χ2n) is 4.46. The molecule has 0 aliphatic carbocycles. The quantitative estimate of drug-likeness (QED) is 0.680. The van der Waals surface area contributed by atoms with Gasteiger partial charge >= 0.3 is 5.69 Å². The third kappa shape index (κ3) is 3.31. The molecule has 0 fully saturated rings. The standard InChI is InChI=1S/C14H11F3N2O2/c1-8(11-4-2-9(15)6-13(11)17)18-10-3-5-12(16)14(7-10)19(20)21/h2-8,18H,1H3. The highest BCUT2D eigenvalue weighted by Gasteiger charge is 2.16. The van der Waals surface area contributed by atoms with Crippen LogP contribution in [-0.2, 0) is 0 Å². The number of nitro groups is 1. The molecule has 0 heterocycles. The lowest BCUT2D eigenvalue weighted by molar-refractivity contribution is -0.387. The predicted molar refractivity (Wildman–Crippen MR) is 71.5 cm³/mol. The van der Waals surface area contributed by atoms with E-state index >= 15 is 0 Å². The number of nitro benzene ring substituents is 1. The summed E-state index contributed by atoms with van der Waals surface area (Å²) in [5, 5.41) is 13.5. The SMILES string of the molecule is CC(Nc1ccc(F)c([N+](=O)[O-])c1)c1ccc(F)cc1F. The van der Waals surface area contributed by atoms with Crippen molar-refractivity contribution in [2.24, 2.45) is 0 Å². The van der Waals surface area contributed by atoms with Gasteiger partial charge in [0, 0.05) is 23.4 Å². The summed E-state index contributed by atoms with van der Waals surface area (Å²) in [6.07, 6.45) is 0. The Bertz CT molecular complexity index is 692. The Kier molecular flexibility index (Phi) is 4.11. The maximum Gasteiger partial charge on any atom is 0.306 e. The molecule has 0 aromatic heterocycles. The van der Waals surface area contributed by atoms with E-state index in [1.807, 2.05) is 0 Å². The van der Waals surface area contributed by atoms with Crippen LogP contribution in [0, 0.1) is 27.6 Å². The maximum atomic E-state index is 13.6. The van der Waals surface area contributed by atoms with Crippen LogP contribution in [0.5, 0.6) is 0 Å². The summed E-state index contributed by atoms with van der Waals surface area (Å²) in [5.41, 5.74) is -0.213. The number of rotatable bonds is 4. The average molecular weight is 296 g/mol. The molecule has 0 bridgehead atoms. The van der Waals surface area contributed by atoms with Crippen LogP contribution in [0.25, 0.3) is 0 Å². The molecule has 2 rings (SSSR count). The Balaban J connectivity index is 2.25. The van der Waals surface area contributed by atoms with Crippen LogP contribution in [0.2, 0.25) is 0 Å². The zero-order chi connectivity index (χ0) is 15.6. The van der Waals surface area contributed by atoms with Gasteiger partial charge in [0.25, 0.3) is 0 Å². The minimum atomic E-state index is -0.953. The maximum absolute atomic E-state index is 13.6. The number of anilines is 1. The van der Waals surface area contributed by atoms with E-state index < -0.39 is 34.1 Å². The fraction of sp³-hybridized carbons (Fsp3) is 0.143. The van der Waals surface area contributed by atoms with Gasteiger partial charge in [0.05, 0.1) is 11.0 Å². The van der Waals surface area contributed by atoms with Gasteiger partial charge in [0.1, 0.15) is 11.6 Å². The second-order valence-corrected chi connectivity index (χ2v) is 4.46. The van der Waals surface area contributed by atoms with E-state index in [0.29, 0.717) is 0 Å². The molecular formula is C14H11F3N2O2. The molecule has 0 saturated carbocycles. The van der Waals surface area contributed by atoms with Crippen LogP contribution in [-0.4, -0.2) is 4.92 Å². The number of nitrogens with one attached hydrogen (secondary N) is 1. The first-order valence-corrected chi connectivity index (χ1v) is 6.04. The fourth-order valence-electron chi connectivity index (χ4n) is 1.92. The van der Waals surface area contributed by atoms with E-state index in [9.17, 15) is 23.3 Å². The number of halogens is 3. The summed E-state index contributed by atoms with van der Waals surface area (Å²) in [7, 11) is 0. The number of nitrogens with zero attached hydrogens (tertiary/aromatic N) is 1. The van der Waals surface area contributed by atoms with Gasteiger partial charge in [-0.05, 0) is 25.1 Å². The van der Waals surface area contributed by atoms with Gasteiger partial charge in [-0.15, -0.1) is 0 Å². The van der Waals surface area contributed by atoms with Crippen molar-refractivity contribution < 1.29 is 18.1 Å². The summed E-state index contributed by atoms with van der Waals surface area (Å²) in [4.78, 5) is 9.81. The van der Waals surface area contributed by atoms with Gasteiger partial charge < -0.3 is 5.32 Å². The van der Waals surface area contributed by atoms with Gasteiger partial charge in [-0.25, -0.2) is 8.78 Å². The Labute approximate surface area is 118 Å².